The average molecular weight is 310 g/mol. The van der Waals surface area contributed by atoms with Gasteiger partial charge >= 0.3 is 29.6 Å². The Bertz CT molecular complexity index is 426. The first-order chi connectivity index (χ1) is 10.2. The number of hydrogen-bond acceptors (Lipinski definition) is 2. The summed E-state index contributed by atoms with van der Waals surface area (Å²) in [6, 6.07) is 7.56. The van der Waals surface area contributed by atoms with Gasteiger partial charge in [-0.15, -0.1) is 0 Å². The second kappa shape index (κ2) is 12.9. The second-order valence-corrected chi connectivity index (χ2v) is 5.65. The molecule has 116 valence electrons. The molecule has 0 fully saturated rings. The zero-order valence-corrected chi connectivity index (χ0v) is 16.1. The summed E-state index contributed by atoms with van der Waals surface area (Å²) in [6.07, 6.45) is 10.8. The molecule has 0 aromatic heterocycles. The normalized spacial score (nSPS) is 11.5. The Balaban J connectivity index is 0.00000441. The third-order valence-electron chi connectivity index (χ3n) is 3.96. The quantitative estimate of drug-likeness (QED) is 0.457. The zero-order valence-electron chi connectivity index (χ0n) is 14.1. The molecule has 0 heterocycles. The van der Waals surface area contributed by atoms with E-state index in [1.54, 1.807) is 6.08 Å². The van der Waals surface area contributed by atoms with Crippen molar-refractivity contribution in [2.45, 2.75) is 64.2 Å². The number of benzene rings is 1. The number of aliphatic carboxylic acids is 1. The number of rotatable bonds is 11. The van der Waals surface area contributed by atoms with Crippen LogP contribution in [-0.2, 0) is 4.79 Å². The molecule has 0 N–H and O–H groups in total. The molecule has 0 spiro atoms. The van der Waals surface area contributed by atoms with Crippen LogP contribution in [-0.4, -0.2) is 5.97 Å². The van der Waals surface area contributed by atoms with Crippen LogP contribution in [0.2, 0.25) is 0 Å². The molecule has 0 bridgehead atoms. The molecule has 22 heavy (non-hydrogen) atoms. The number of carbonyl (C=O) groups is 1. The third kappa shape index (κ3) is 8.17. The van der Waals surface area contributed by atoms with Crippen LogP contribution in [0.5, 0.6) is 0 Å². The predicted molar refractivity (Wildman–Crippen MR) is 86.9 cm³/mol. The maximum absolute atomic E-state index is 11.3. The summed E-state index contributed by atoms with van der Waals surface area (Å²) in [4.78, 5) is 11.3. The van der Waals surface area contributed by atoms with E-state index < -0.39 is 11.9 Å². The number of unbranched alkanes of at least 4 members (excludes halogenated alkanes) is 6. The minimum atomic E-state index is -0.965. The van der Waals surface area contributed by atoms with Crippen LogP contribution in [0.25, 0.3) is 6.08 Å². The Morgan fingerprint density at radius 1 is 1.09 bits per heavy atom. The summed E-state index contributed by atoms with van der Waals surface area (Å²) in [5.74, 6) is -1.45. The van der Waals surface area contributed by atoms with Crippen molar-refractivity contribution in [3.63, 3.8) is 0 Å². The van der Waals surface area contributed by atoms with Crippen molar-refractivity contribution in [2.75, 3.05) is 0 Å². The summed E-state index contributed by atoms with van der Waals surface area (Å²) >= 11 is 0. The van der Waals surface area contributed by atoms with E-state index >= 15 is 0 Å². The van der Waals surface area contributed by atoms with E-state index in [0.717, 1.165) is 24.0 Å². The van der Waals surface area contributed by atoms with Crippen LogP contribution in [0.15, 0.2) is 30.8 Å². The molecule has 1 aromatic rings. The van der Waals surface area contributed by atoms with Crippen molar-refractivity contribution in [3.8, 4) is 0 Å². The Morgan fingerprint density at radius 3 is 2.14 bits per heavy atom. The predicted octanol–water partition coefficient (Wildman–Crippen LogP) is 1.31. The molecule has 3 heteroatoms. The fraction of sp³-hybridized carbons (Fsp3) is 0.526. The zero-order chi connectivity index (χ0) is 15.5. The first-order valence-electron chi connectivity index (χ1n) is 8.12. The van der Waals surface area contributed by atoms with Crippen LogP contribution in [0.4, 0.5) is 0 Å². The fourth-order valence-corrected chi connectivity index (χ4v) is 2.59. The van der Waals surface area contributed by atoms with E-state index in [1.165, 1.54) is 32.1 Å². The maximum Gasteiger partial charge on any atom is 1.00 e. The SMILES string of the molecule is C=Cc1ccc(C(CCCCCCCCC)C(=O)[O-])cc1.[Na+]. The van der Waals surface area contributed by atoms with E-state index in [1.807, 2.05) is 24.3 Å². The van der Waals surface area contributed by atoms with Crippen molar-refractivity contribution < 1.29 is 39.5 Å². The summed E-state index contributed by atoms with van der Waals surface area (Å²) in [5, 5.41) is 11.3. The van der Waals surface area contributed by atoms with Crippen LogP contribution in [0.3, 0.4) is 0 Å². The van der Waals surface area contributed by atoms with Gasteiger partial charge in [0.25, 0.3) is 0 Å². The molecule has 0 saturated carbocycles. The van der Waals surface area contributed by atoms with E-state index in [4.69, 9.17) is 0 Å². The summed E-state index contributed by atoms with van der Waals surface area (Å²) in [7, 11) is 0. The van der Waals surface area contributed by atoms with Crippen molar-refractivity contribution in [2.24, 2.45) is 0 Å². The largest absolute Gasteiger partial charge is 1.00 e. The van der Waals surface area contributed by atoms with Gasteiger partial charge in [-0.1, -0.05) is 88.8 Å². The molecule has 0 amide bonds. The van der Waals surface area contributed by atoms with Gasteiger partial charge < -0.3 is 9.90 Å². The van der Waals surface area contributed by atoms with Gasteiger partial charge in [-0.05, 0) is 17.5 Å². The molecule has 1 atom stereocenters. The Hall–Kier alpha value is -0.570. The second-order valence-electron chi connectivity index (χ2n) is 5.65. The Labute approximate surface area is 157 Å². The molecular formula is C19H27NaO2. The molecule has 0 aliphatic heterocycles. The number of carbonyl (C=O) groups excluding carboxylic acids is 1. The number of carboxylic acid groups (broad SMARTS) is 1. The molecular weight excluding hydrogens is 283 g/mol. The van der Waals surface area contributed by atoms with Crippen molar-refractivity contribution >= 4 is 12.0 Å². The molecule has 1 aromatic carbocycles. The van der Waals surface area contributed by atoms with E-state index in [0.29, 0.717) is 6.42 Å². The smallest absolute Gasteiger partial charge is 0.549 e. The number of carboxylic acids is 1. The van der Waals surface area contributed by atoms with Gasteiger partial charge in [0.05, 0.1) is 0 Å². The molecule has 1 rings (SSSR count). The van der Waals surface area contributed by atoms with Gasteiger partial charge in [0.2, 0.25) is 0 Å². The maximum atomic E-state index is 11.3. The van der Waals surface area contributed by atoms with Gasteiger partial charge in [-0.2, -0.15) is 0 Å². The monoisotopic (exact) mass is 310 g/mol. The minimum absolute atomic E-state index is 0. The molecule has 0 saturated heterocycles. The first kappa shape index (κ1) is 21.4. The third-order valence-corrected chi connectivity index (χ3v) is 3.96. The van der Waals surface area contributed by atoms with Crippen LogP contribution < -0.4 is 34.7 Å². The molecule has 2 nitrogen and oxygen atoms in total. The van der Waals surface area contributed by atoms with Crippen LogP contribution >= 0.6 is 0 Å². The summed E-state index contributed by atoms with van der Waals surface area (Å²) in [6.45, 7) is 5.91. The van der Waals surface area contributed by atoms with E-state index in [2.05, 4.69) is 13.5 Å². The van der Waals surface area contributed by atoms with Crippen molar-refractivity contribution in [1.29, 1.82) is 0 Å². The molecule has 0 radical (unpaired) electrons. The molecule has 0 aliphatic carbocycles. The summed E-state index contributed by atoms with van der Waals surface area (Å²) < 4.78 is 0. The number of hydrogen-bond donors (Lipinski definition) is 0. The standard InChI is InChI=1S/C19H28O2.Na/c1-3-5-6-7-8-9-10-11-18(19(20)21)17-14-12-16(4-2)13-15-17;/h4,12-15,18H,2-3,5-11H2,1H3,(H,20,21);/q;+1/p-1. The van der Waals surface area contributed by atoms with Gasteiger partial charge in [0, 0.05) is 11.9 Å². The Kier molecular flexibility index (Phi) is 12.6. The van der Waals surface area contributed by atoms with Crippen LogP contribution in [0, 0.1) is 0 Å². The van der Waals surface area contributed by atoms with Crippen molar-refractivity contribution in [3.05, 3.63) is 42.0 Å². The minimum Gasteiger partial charge on any atom is -0.549 e. The Morgan fingerprint density at radius 2 is 1.64 bits per heavy atom. The van der Waals surface area contributed by atoms with Crippen molar-refractivity contribution in [1.82, 2.24) is 0 Å². The van der Waals surface area contributed by atoms with Gasteiger partial charge in [-0.25, -0.2) is 0 Å². The van der Waals surface area contributed by atoms with Crippen LogP contribution in [0.1, 0.15) is 75.3 Å². The average Bonchev–Trinajstić information content (AvgIpc) is 2.50. The fourth-order valence-electron chi connectivity index (χ4n) is 2.59. The molecule has 1 unspecified atom stereocenters. The van der Waals surface area contributed by atoms with E-state index in [9.17, 15) is 9.90 Å². The van der Waals surface area contributed by atoms with Gasteiger partial charge in [-0.3, -0.25) is 0 Å². The van der Waals surface area contributed by atoms with Gasteiger partial charge in [0.1, 0.15) is 0 Å². The summed E-state index contributed by atoms with van der Waals surface area (Å²) in [5.41, 5.74) is 1.85. The van der Waals surface area contributed by atoms with Gasteiger partial charge in [0.15, 0.2) is 0 Å². The molecule has 0 aliphatic rings. The topological polar surface area (TPSA) is 40.1 Å². The first-order valence-corrected chi connectivity index (χ1v) is 8.12. The van der Waals surface area contributed by atoms with E-state index in [-0.39, 0.29) is 29.6 Å².